The smallest absolute Gasteiger partial charge is 0.244 e. The van der Waals surface area contributed by atoms with Gasteiger partial charge in [0.1, 0.15) is 10.4 Å². The molecule has 0 aliphatic carbocycles. The van der Waals surface area contributed by atoms with Crippen LogP contribution in [0.15, 0.2) is 41.3 Å². The van der Waals surface area contributed by atoms with Gasteiger partial charge in [0.25, 0.3) is 0 Å². The Morgan fingerprint density at radius 1 is 1.02 bits per heavy atom. The average molecular weight is 763 g/mol. The number of para-hydroxylation sites is 1. The number of nitrogens with one attached hydrogen (secondary N) is 1. The maximum Gasteiger partial charge on any atom is 0.244 e. The van der Waals surface area contributed by atoms with Gasteiger partial charge < -0.3 is 24.8 Å². The predicted octanol–water partition coefficient (Wildman–Crippen LogP) is 3.70. The van der Waals surface area contributed by atoms with E-state index in [0.29, 0.717) is 17.6 Å². The number of piperazine rings is 1. The summed E-state index contributed by atoms with van der Waals surface area (Å²) in [7, 11) is 1.77. The molecule has 0 unspecified atom stereocenters. The van der Waals surface area contributed by atoms with E-state index in [2.05, 4.69) is 30.8 Å². The standard InChI is InChI=1S/C36H47Cl2N6O6S/c1-23-22-24(2)40-32-25(23)8-6-9-26(32)33(45)30-27(37)11-12-29(31(30)38)51(48,49)41-36(13-20-50-21-14-36)35(47)43-17-15-42(16-18-43)34(46)28(39)10-7-19-44(3,4)5/h6,8-9,11-12,22,28,41H,7,10,13-21,39H2,1-5H3/q+1/t28-/m0/s1. The molecular weight excluding hydrogens is 715 g/mol. The van der Waals surface area contributed by atoms with E-state index < -0.39 is 33.3 Å². The van der Waals surface area contributed by atoms with E-state index in [1.54, 1.807) is 21.9 Å². The summed E-state index contributed by atoms with van der Waals surface area (Å²) in [6.45, 7) is 5.95. The van der Waals surface area contributed by atoms with E-state index in [0.717, 1.165) is 28.4 Å². The minimum atomic E-state index is -4.49. The lowest BCUT2D eigenvalue weighted by Crippen LogP contribution is -2.64. The number of hydrogen-bond donors (Lipinski definition) is 2. The van der Waals surface area contributed by atoms with Crippen molar-refractivity contribution in [2.24, 2.45) is 5.73 Å². The van der Waals surface area contributed by atoms with E-state index in [1.807, 2.05) is 26.0 Å². The van der Waals surface area contributed by atoms with Crippen LogP contribution in [0.1, 0.15) is 52.9 Å². The number of halogens is 2. The second kappa shape index (κ2) is 15.4. The number of hydrogen-bond acceptors (Lipinski definition) is 8. The molecule has 1 aromatic heterocycles. The topological polar surface area (TPSA) is 152 Å². The molecule has 3 N–H and O–H groups in total. The van der Waals surface area contributed by atoms with Crippen LogP contribution in [-0.4, -0.2) is 124 Å². The van der Waals surface area contributed by atoms with Crippen molar-refractivity contribution in [3.8, 4) is 0 Å². The van der Waals surface area contributed by atoms with Crippen molar-refractivity contribution in [1.29, 1.82) is 0 Å². The van der Waals surface area contributed by atoms with Gasteiger partial charge in [-0.25, -0.2) is 8.42 Å². The highest BCUT2D eigenvalue weighted by Gasteiger charge is 2.47. The van der Waals surface area contributed by atoms with E-state index >= 15 is 0 Å². The summed E-state index contributed by atoms with van der Waals surface area (Å²) < 4.78 is 37.3. The molecule has 12 nitrogen and oxygen atoms in total. The number of rotatable bonds is 11. The number of carbonyl (C=O) groups excluding carboxylic acids is 3. The lowest BCUT2D eigenvalue weighted by Gasteiger charge is -2.43. The second-order valence-corrected chi connectivity index (χ2v) is 17.0. The minimum Gasteiger partial charge on any atom is -0.381 e. The maximum absolute atomic E-state index is 14.2. The summed E-state index contributed by atoms with van der Waals surface area (Å²) in [5.74, 6) is -1.15. The Balaban J connectivity index is 1.36. The molecular formula is C36H47Cl2N6O6S+. The molecule has 2 aliphatic heterocycles. The zero-order valence-electron chi connectivity index (χ0n) is 29.8. The fraction of sp³-hybridized carbons (Fsp3) is 0.500. The third-order valence-electron chi connectivity index (χ3n) is 9.62. The highest BCUT2D eigenvalue weighted by atomic mass is 35.5. The number of ether oxygens (including phenoxy) is 1. The highest BCUT2D eigenvalue weighted by Crippen LogP contribution is 2.36. The van der Waals surface area contributed by atoms with Gasteiger partial charge in [0.05, 0.1) is 54.9 Å². The quantitative estimate of drug-likeness (QED) is 0.222. The van der Waals surface area contributed by atoms with Crippen LogP contribution in [0, 0.1) is 13.8 Å². The van der Waals surface area contributed by atoms with Crippen molar-refractivity contribution in [3.63, 3.8) is 0 Å². The van der Waals surface area contributed by atoms with Crippen LogP contribution in [0.25, 0.3) is 10.9 Å². The van der Waals surface area contributed by atoms with Gasteiger partial charge in [-0.15, -0.1) is 0 Å². The third kappa shape index (κ3) is 8.56. The summed E-state index contributed by atoms with van der Waals surface area (Å²) in [5, 5.41) is 0.385. The number of carbonyl (C=O) groups is 3. The molecule has 0 spiro atoms. The van der Waals surface area contributed by atoms with Gasteiger partial charge in [0.15, 0.2) is 5.78 Å². The minimum absolute atomic E-state index is 0.0253. The molecule has 276 valence electrons. The van der Waals surface area contributed by atoms with Crippen LogP contribution in [0.5, 0.6) is 0 Å². The van der Waals surface area contributed by atoms with Crippen LogP contribution in [-0.2, 0) is 24.3 Å². The summed E-state index contributed by atoms with van der Waals surface area (Å²) in [4.78, 5) is 48.8. The van der Waals surface area contributed by atoms with Gasteiger partial charge in [0.2, 0.25) is 21.8 Å². The van der Waals surface area contributed by atoms with Gasteiger partial charge in [-0.3, -0.25) is 19.4 Å². The van der Waals surface area contributed by atoms with Crippen LogP contribution < -0.4 is 10.5 Å². The number of aromatic nitrogens is 1. The number of nitrogens with two attached hydrogens (primary N) is 1. The monoisotopic (exact) mass is 761 g/mol. The fourth-order valence-electron chi connectivity index (χ4n) is 6.82. The van der Waals surface area contributed by atoms with Gasteiger partial charge in [0, 0.05) is 56.0 Å². The summed E-state index contributed by atoms with van der Waals surface area (Å²) in [5.41, 5.74) is 6.85. The number of fused-ring (bicyclic) bond motifs is 1. The zero-order valence-corrected chi connectivity index (χ0v) is 32.1. The fourth-order valence-corrected chi connectivity index (χ4v) is 9.16. The van der Waals surface area contributed by atoms with E-state index in [4.69, 9.17) is 33.7 Å². The number of nitrogens with zero attached hydrogens (tertiary/aromatic N) is 4. The first-order valence-electron chi connectivity index (χ1n) is 17.1. The Bertz CT molecular complexity index is 1940. The Hall–Kier alpha value is -3.17. The Morgan fingerprint density at radius 2 is 1.67 bits per heavy atom. The number of benzene rings is 2. The van der Waals surface area contributed by atoms with Crippen LogP contribution in [0.4, 0.5) is 0 Å². The first-order valence-corrected chi connectivity index (χ1v) is 19.3. The van der Waals surface area contributed by atoms with Crippen molar-refractivity contribution in [2.45, 2.75) is 56.0 Å². The molecule has 5 rings (SSSR count). The number of sulfonamides is 1. The van der Waals surface area contributed by atoms with Gasteiger partial charge in [-0.2, -0.15) is 4.72 Å². The molecule has 2 aliphatic rings. The number of aryl methyl sites for hydroxylation is 2. The van der Waals surface area contributed by atoms with Crippen LogP contribution in [0.2, 0.25) is 10.0 Å². The molecule has 2 aromatic carbocycles. The molecule has 0 bridgehead atoms. The van der Waals surface area contributed by atoms with Crippen molar-refractivity contribution in [2.75, 3.05) is 67.1 Å². The summed E-state index contributed by atoms with van der Waals surface area (Å²) >= 11 is 13.3. The van der Waals surface area contributed by atoms with E-state index in [9.17, 15) is 22.8 Å². The maximum atomic E-state index is 14.2. The van der Waals surface area contributed by atoms with Crippen LogP contribution in [0.3, 0.4) is 0 Å². The SMILES string of the molecule is Cc1cc(C)c2cccc(C(=O)c3c(Cl)ccc(S(=O)(=O)NC4(C(=O)N5CCN(C(=O)[C@@H](N)CCC[N+](C)(C)C)CC5)CCOCC4)c3Cl)c2n1. The van der Waals surface area contributed by atoms with Gasteiger partial charge in [-0.1, -0.05) is 35.3 Å². The average Bonchev–Trinajstić information content (AvgIpc) is 3.06. The summed E-state index contributed by atoms with van der Waals surface area (Å²) in [6, 6.07) is 9.00. The number of amides is 2. The van der Waals surface area contributed by atoms with E-state index in [-0.39, 0.29) is 84.2 Å². The van der Waals surface area contributed by atoms with Crippen molar-refractivity contribution < 1.29 is 32.0 Å². The lowest BCUT2D eigenvalue weighted by atomic mass is 9.89. The lowest BCUT2D eigenvalue weighted by molar-refractivity contribution is -0.870. The molecule has 2 fully saturated rings. The molecule has 2 amide bonds. The molecule has 15 heteroatoms. The largest absolute Gasteiger partial charge is 0.381 e. The first-order chi connectivity index (χ1) is 23.9. The number of ketones is 1. The van der Waals surface area contributed by atoms with Crippen molar-refractivity contribution >= 4 is 61.7 Å². The molecule has 0 saturated carbocycles. The predicted molar refractivity (Wildman–Crippen MR) is 197 cm³/mol. The van der Waals surface area contributed by atoms with Gasteiger partial charge >= 0.3 is 0 Å². The van der Waals surface area contributed by atoms with Crippen LogP contribution >= 0.6 is 23.2 Å². The van der Waals surface area contributed by atoms with E-state index in [1.165, 1.54) is 12.1 Å². The zero-order chi connectivity index (χ0) is 37.3. The molecule has 0 radical (unpaired) electrons. The molecule has 3 aromatic rings. The Morgan fingerprint density at radius 3 is 2.31 bits per heavy atom. The highest BCUT2D eigenvalue weighted by molar-refractivity contribution is 7.89. The molecule has 2 saturated heterocycles. The number of quaternary nitrogens is 1. The summed E-state index contributed by atoms with van der Waals surface area (Å²) in [6.07, 6.45) is 1.54. The van der Waals surface area contributed by atoms with Crippen molar-refractivity contribution in [3.05, 3.63) is 68.8 Å². The Labute approximate surface area is 309 Å². The third-order valence-corrected chi connectivity index (χ3v) is 12.0. The molecule has 51 heavy (non-hydrogen) atoms. The molecule has 1 atom stereocenters. The molecule has 3 heterocycles. The normalized spacial score (nSPS) is 17.4. The van der Waals surface area contributed by atoms with Crippen molar-refractivity contribution in [1.82, 2.24) is 19.5 Å². The number of pyridine rings is 1. The Kier molecular flexibility index (Phi) is 11.8. The van der Waals surface area contributed by atoms with Gasteiger partial charge in [-0.05, 0) is 69.4 Å². The second-order valence-electron chi connectivity index (χ2n) is 14.5. The first kappa shape index (κ1) is 39.0.